The highest BCUT2D eigenvalue weighted by Gasteiger charge is 2.36. The summed E-state index contributed by atoms with van der Waals surface area (Å²) in [4.78, 5) is 58.3. The second kappa shape index (κ2) is 16.7. The van der Waals surface area contributed by atoms with E-state index >= 15 is 0 Å². The largest absolute Gasteiger partial charge is 0.489 e. The van der Waals surface area contributed by atoms with E-state index in [4.69, 9.17) is 20.9 Å². The molecule has 4 amide bonds. The molecular weight excluding hydrogens is 805 g/mol. The number of para-hydroxylation sites is 2. The van der Waals surface area contributed by atoms with E-state index in [0.717, 1.165) is 38.9 Å². The molecule has 2 aromatic carbocycles. The molecule has 60 heavy (non-hydrogen) atoms. The number of fused-ring (bicyclic) bond motifs is 2. The van der Waals surface area contributed by atoms with Crippen molar-refractivity contribution in [3.8, 4) is 11.5 Å². The molecule has 6 N–H and O–H groups in total. The van der Waals surface area contributed by atoms with E-state index in [9.17, 15) is 19.2 Å². The third-order valence-electron chi connectivity index (χ3n) is 11.1. The maximum Gasteiger partial charge on any atom is 0.415 e. The fourth-order valence-electron chi connectivity index (χ4n) is 7.35. The number of nitrogen functional groups attached to an aromatic ring is 2. The van der Waals surface area contributed by atoms with Gasteiger partial charge in [0, 0.05) is 49.3 Å². The van der Waals surface area contributed by atoms with Crippen LogP contribution in [0.1, 0.15) is 53.8 Å². The number of nitrogens with zero attached hydrogens (tertiary/aromatic N) is 6. The van der Waals surface area contributed by atoms with Gasteiger partial charge in [-0.3, -0.25) is 14.4 Å². The van der Waals surface area contributed by atoms with Gasteiger partial charge in [-0.05, 0) is 62.9 Å². The van der Waals surface area contributed by atoms with Crippen molar-refractivity contribution >= 4 is 78.3 Å². The summed E-state index contributed by atoms with van der Waals surface area (Å²) in [5.74, 6) is -0.293. The van der Waals surface area contributed by atoms with Gasteiger partial charge in [0.1, 0.15) is 19.4 Å². The first-order valence-electron chi connectivity index (χ1n) is 19.5. The first kappa shape index (κ1) is 40.4. The van der Waals surface area contributed by atoms with Gasteiger partial charge in [0.05, 0.1) is 41.5 Å². The van der Waals surface area contributed by atoms with Gasteiger partial charge in [-0.25, -0.2) is 4.79 Å². The van der Waals surface area contributed by atoms with E-state index in [1.54, 1.807) is 29.2 Å². The molecule has 6 aromatic rings. The molecule has 8 rings (SSSR count). The third kappa shape index (κ3) is 8.11. The second-order valence-corrected chi connectivity index (χ2v) is 17.3. The lowest BCUT2D eigenvalue weighted by Gasteiger charge is -2.40. The van der Waals surface area contributed by atoms with Gasteiger partial charge in [0.15, 0.2) is 11.5 Å². The van der Waals surface area contributed by atoms with Gasteiger partial charge in [-0.15, -0.1) is 32.9 Å². The van der Waals surface area contributed by atoms with E-state index in [0.29, 0.717) is 56.0 Å². The Morgan fingerprint density at radius 3 is 1.77 bits per heavy atom. The molecule has 4 aromatic heterocycles. The number of aryl methyl sites for hydroxylation is 4. The number of thiophene rings is 2. The number of hydrogen-bond acceptors (Lipinski definition) is 14. The maximum absolute atomic E-state index is 13.6. The van der Waals surface area contributed by atoms with E-state index < -0.39 is 6.09 Å². The highest BCUT2D eigenvalue weighted by molar-refractivity contribution is 7.21. The first-order valence-corrected chi connectivity index (χ1v) is 21.1. The van der Waals surface area contributed by atoms with Crippen molar-refractivity contribution in [2.45, 2.75) is 52.6 Å². The van der Waals surface area contributed by atoms with Gasteiger partial charge in [0.25, 0.3) is 11.8 Å². The number of carbonyl (C=O) groups is 4. The molecule has 16 nitrogen and oxygen atoms in total. The maximum atomic E-state index is 13.6. The molecular formula is C42H44N10O6S2. The summed E-state index contributed by atoms with van der Waals surface area (Å²) >= 11 is 2.40. The minimum atomic E-state index is -0.580. The summed E-state index contributed by atoms with van der Waals surface area (Å²) in [7, 11) is 0. The molecule has 18 heteroatoms. The molecule has 310 valence electrons. The number of aromatic nitrogens is 4. The predicted molar refractivity (Wildman–Crippen MR) is 229 cm³/mol. The molecule has 2 aliphatic heterocycles. The number of amides is 4. The summed E-state index contributed by atoms with van der Waals surface area (Å²) in [6.07, 6.45) is 0.207. The zero-order valence-electron chi connectivity index (χ0n) is 33.5. The molecule has 0 saturated carbocycles. The molecule has 6 heterocycles. The average molecular weight is 849 g/mol. The number of nitrogens with one attached hydrogen (secondary N) is 2. The standard InChI is InChI=1S/C42H44N10O6S2/c1-21-23(3)47-49-40-32(21)34(43)36(59-40)38(54)45-27-16-51(17-27)31(53)15-26(14-25-10-6-5-7-11-25)20-57-29-12-8-9-13-30(29)58-42(56)52-18-28(19-52)46-39(55)37-35(44)33-22(2)24(4)48-50-41(33)60-37/h5-13,26-28H,14-20,43-44H2,1-4H3,(H,45,54)(H,46,55). The van der Waals surface area contributed by atoms with Gasteiger partial charge in [0.2, 0.25) is 5.91 Å². The minimum Gasteiger partial charge on any atom is -0.489 e. The SMILES string of the molecule is Cc1nnc2sc(C(=O)NC3CN(C(=O)CC(COc4ccccc4OC(=O)N4CC(NC(=O)c5sc6nnc(C)c(C)c6c5N)C4)Cc4ccccc4)C3)c(N)c2c1C. The molecule has 2 fully saturated rings. The van der Waals surface area contributed by atoms with Crippen molar-refractivity contribution in [2.24, 2.45) is 5.92 Å². The fourth-order valence-corrected chi connectivity index (χ4v) is 9.35. The minimum absolute atomic E-state index is 0.0548. The van der Waals surface area contributed by atoms with Crippen molar-refractivity contribution < 1.29 is 28.7 Å². The van der Waals surface area contributed by atoms with E-state index in [1.165, 1.54) is 27.6 Å². The van der Waals surface area contributed by atoms with Crippen LogP contribution >= 0.6 is 22.7 Å². The lowest BCUT2D eigenvalue weighted by atomic mass is 9.95. The Kier molecular flexibility index (Phi) is 11.2. The number of carbonyl (C=O) groups excluding carboxylic acids is 4. The van der Waals surface area contributed by atoms with Crippen molar-refractivity contribution in [1.82, 2.24) is 40.8 Å². The van der Waals surface area contributed by atoms with Crippen molar-refractivity contribution in [3.05, 3.63) is 92.4 Å². The Hall–Kier alpha value is -6.40. The Balaban J connectivity index is 0.843. The summed E-state index contributed by atoms with van der Waals surface area (Å²) < 4.78 is 12.0. The number of anilines is 2. The van der Waals surface area contributed by atoms with Gasteiger partial charge < -0.3 is 41.4 Å². The second-order valence-electron chi connectivity index (χ2n) is 15.3. The number of likely N-dealkylation sites (tertiary alicyclic amines) is 2. The quantitative estimate of drug-likeness (QED) is 0.128. The van der Waals surface area contributed by atoms with Gasteiger partial charge in [-0.1, -0.05) is 42.5 Å². The molecule has 0 bridgehead atoms. The Bertz CT molecular complexity index is 2640. The number of rotatable bonds is 12. The van der Waals surface area contributed by atoms with Crippen LogP contribution in [0, 0.1) is 33.6 Å². The van der Waals surface area contributed by atoms with Crippen LogP contribution in [-0.2, 0) is 11.2 Å². The normalized spacial score (nSPS) is 14.7. The highest BCUT2D eigenvalue weighted by atomic mass is 32.1. The molecule has 1 unspecified atom stereocenters. The molecule has 2 saturated heterocycles. The van der Waals surface area contributed by atoms with Crippen molar-refractivity contribution in [3.63, 3.8) is 0 Å². The van der Waals surface area contributed by atoms with Gasteiger partial charge >= 0.3 is 6.09 Å². The third-order valence-corrected chi connectivity index (χ3v) is 13.3. The molecule has 0 spiro atoms. The van der Waals surface area contributed by atoms with Crippen LogP contribution in [0.25, 0.3) is 20.4 Å². The lowest BCUT2D eigenvalue weighted by Crippen LogP contribution is -2.61. The van der Waals surface area contributed by atoms with Crippen LogP contribution in [0.2, 0.25) is 0 Å². The van der Waals surface area contributed by atoms with Crippen LogP contribution < -0.4 is 31.6 Å². The van der Waals surface area contributed by atoms with Crippen LogP contribution in [-0.4, -0.2) is 98.9 Å². The van der Waals surface area contributed by atoms with Crippen molar-refractivity contribution in [2.75, 3.05) is 44.3 Å². The van der Waals surface area contributed by atoms with Crippen molar-refractivity contribution in [1.29, 1.82) is 0 Å². The van der Waals surface area contributed by atoms with E-state index in [1.807, 2.05) is 58.0 Å². The first-order chi connectivity index (χ1) is 28.8. The zero-order valence-corrected chi connectivity index (χ0v) is 35.1. The summed E-state index contributed by atoms with van der Waals surface area (Å²) in [5.41, 5.74) is 17.8. The van der Waals surface area contributed by atoms with Gasteiger partial charge in [-0.2, -0.15) is 10.2 Å². The van der Waals surface area contributed by atoms with Crippen LogP contribution in [0.3, 0.4) is 0 Å². The van der Waals surface area contributed by atoms with E-state index in [2.05, 4.69) is 31.0 Å². The number of hydrogen-bond donors (Lipinski definition) is 4. The zero-order chi connectivity index (χ0) is 42.2. The Labute approximate surface area is 353 Å². The molecule has 0 aliphatic carbocycles. The van der Waals surface area contributed by atoms with E-state index in [-0.39, 0.29) is 67.6 Å². The molecule has 1 atom stereocenters. The lowest BCUT2D eigenvalue weighted by molar-refractivity contribution is -0.137. The summed E-state index contributed by atoms with van der Waals surface area (Å²) in [6.45, 7) is 8.95. The molecule has 0 radical (unpaired) electrons. The van der Waals surface area contributed by atoms with Crippen LogP contribution in [0.5, 0.6) is 11.5 Å². The number of benzene rings is 2. The topological polar surface area (TPSA) is 221 Å². The average Bonchev–Trinajstić information content (AvgIpc) is 3.73. The number of nitrogens with two attached hydrogens (primary N) is 2. The highest BCUT2D eigenvalue weighted by Crippen LogP contribution is 2.36. The monoisotopic (exact) mass is 848 g/mol. The molecule has 2 aliphatic rings. The predicted octanol–water partition coefficient (Wildman–Crippen LogP) is 4.98. The summed E-state index contributed by atoms with van der Waals surface area (Å²) in [6, 6.07) is 16.2. The Morgan fingerprint density at radius 2 is 1.22 bits per heavy atom. The smallest absolute Gasteiger partial charge is 0.415 e. The Morgan fingerprint density at radius 1 is 0.717 bits per heavy atom. The van der Waals surface area contributed by atoms with Crippen LogP contribution in [0.15, 0.2) is 54.6 Å². The number of ether oxygens (including phenoxy) is 2. The summed E-state index contributed by atoms with van der Waals surface area (Å²) in [5, 5.41) is 24.1. The fraction of sp³-hybridized carbons (Fsp3) is 0.333. The van der Waals surface area contributed by atoms with Crippen LogP contribution in [0.4, 0.5) is 16.2 Å².